The van der Waals surface area contributed by atoms with Gasteiger partial charge in [0, 0.05) is 13.2 Å². The largest absolute Gasteiger partial charge is 0.425 e. The molecule has 0 N–H and O–H groups in total. The maximum Gasteiger partial charge on any atom is 0.340 e. The Morgan fingerprint density at radius 3 is 1.30 bits per heavy atom. The van der Waals surface area contributed by atoms with Gasteiger partial charge in [-0.3, -0.25) is 0 Å². The molecule has 6 heteroatoms. The zero-order valence-corrected chi connectivity index (χ0v) is 18.1. The van der Waals surface area contributed by atoms with Crippen LogP contribution in [0, 0.1) is 0 Å². The number of esters is 2. The summed E-state index contributed by atoms with van der Waals surface area (Å²) in [7, 11) is 0. The lowest BCUT2D eigenvalue weighted by Gasteiger charge is -2.13. The van der Waals surface area contributed by atoms with Gasteiger partial charge in [-0.1, -0.05) is 38.1 Å². The molecule has 0 amide bonds. The second kappa shape index (κ2) is 12.1. The lowest BCUT2D eigenvalue weighted by atomic mass is 10.1. The predicted molar refractivity (Wildman–Crippen MR) is 115 cm³/mol. The standard InChI is InChI=1S/C24H30O6/c1-5-15-27-17(3)23(25)29-21-11-7-19(8-12-21)20-9-13-22(14-10-20)30-24(26)18(4)28-16-6-2/h7-14,17-18H,5-6,15-16H2,1-4H3. The van der Waals surface area contributed by atoms with Gasteiger partial charge in [-0.15, -0.1) is 0 Å². The van der Waals surface area contributed by atoms with Crippen LogP contribution in [0.4, 0.5) is 0 Å². The Bertz CT molecular complexity index is 728. The molecule has 162 valence electrons. The highest BCUT2D eigenvalue weighted by atomic mass is 16.6. The van der Waals surface area contributed by atoms with E-state index >= 15 is 0 Å². The second-order valence-electron chi connectivity index (χ2n) is 6.92. The second-order valence-corrected chi connectivity index (χ2v) is 6.92. The van der Waals surface area contributed by atoms with E-state index in [0.29, 0.717) is 24.7 Å². The maximum absolute atomic E-state index is 12.0. The summed E-state index contributed by atoms with van der Waals surface area (Å²) in [4.78, 5) is 24.0. The van der Waals surface area contributed by atoms with E-state index in [0.717, 1.165) is 24.0 Å². The first-order valence-corrected chi connectivity index (χ1v) is 10.3. The minimum Gasteiger partial charge on any atom is -0.425 e. The van der Waals surface area contributed by atoms with E-state index in [2.05, 4.69) is 0 Å². The van der Waals surface area contributed by atoms with Gasteiger partial charge < -0.3 is 18.9 Å². The van der Waals surface area contributed by atoms with Crippen LogP contribution in [0.25, 0.3) is 11.1 Å². The van der Waals surface area contributed by atoms with E-state index in [1.54, 1.807) is 38.1 Å². The van der Waals surface area contributed by atoms with Gasteiger partial charge in [-0.25, -0.2) is 9.59 Å². The average Bonchev–Trinajstić information content (AvgIpc) is 2.76. The van der Waals surface area contributed by atoms with Crippen LogP contribution in [0.5, 0.6) is 11.5 Å². The van der Waals surface area contributed by atoms with E-state index in [-0.39, 0.29) is 0 Å². The molecular weight excluding hydrogens is 384 g/mol. The van der Waals surface area contributed by atoms with E-state index < -0.39 is 24.1 Å². The number of carbonyl (C=O) groups is 2. The van der Waals surface area contributed by atoms with Crippen molar-refractivity contribution in [3.63, 3.8) is 0 Å². The van der Waals surface area contributed by atoms with Crippen molar-refractivity contribution >= 4 is 11.9 Å². The fraction of sp³-hybridized carbons (Fsp3) is 0.417. The molecule has 0 aliphatic rings. The number of hydrogen-bond donors (Lipinski definition) is 0. The molecule has 6 nitrogen and oxygen atoms in total. The summed E-state index contributed by atoms with van der Waals surface area (Å²) < 4.78 is 21.4. The number of hydrogen-bond acceptors (Lipinski definition) is 6. The van der Waals surface area contributed by atoms with Crippen LogP contribution < -0.4 is 9.47 Å². The molecule has 2 atom stereocenters. The molecule has 0 aromatic heterocycles. The Morgan fingerprint density at radius 2 is 1.00 bits per heavy atom. The Labute approximate surface area is 178 Å². The highest BCUT2D eigenvalue weighted by Gasteiger charge is 2.16. The van der Waals surface area contributed by atoms with Crippen molar-refractivity contribution in [3.05, 3.63) is 48.5 Å². The Balaban J connectivity index is 1.93. The van der Waals surface area contributed by atoms with Crippen molar-refractivity contribution in [2.75, 3.05) is 13.2 Å². The number of benzene rings is 2. The van der Waals surface area contributed by atoms with Crippen LogP contribution in [-0.4, -0.2) is 37.4 Å². The lowest BCUT2D eigenvalue weighted by molar-refractivity contribution is -0.146. The van der Waals surface area contributed by atoms with Crippen LogP contribution in [-0.2, 0) is 19.1 Å². The van der Waals surface area contributed by atoms with Crippen LogP contribution in [0.15, 0.2) is 48.5 Å². The lowest BCUT2D eigenvalue weighted by Crippen LogP contribution is -2.26. The molecule has 0 fully saturated rings. The summed E-state index contributed by atoms with van der Waals surface area (Å²) in [5, 5.41) is 0. The minimum atomic E-state index is -0.602. The van der Waals surface area contributed by atoms with Gasteiger partial charge in [0.15, 0.2) is 12.2 Å². The van der Waals surface area contributed by atoms with Crippen molar-refractivity contribution in [2.45, 2.75) is 52.7 Å². The van der Waals surface area contributed by atoms with Crippen LogP contribution >= 0.6 is 0 Å². The molecule has 2 rings (SSSR count). The fourth-order valence-corrected chi connectivity index (χ4v) is 2.55. The number of ether oxygens (including phenoxy) is 4. The molecule has 2 unspecified atom stereocenters. The van der Waals surface area contributed by atoms with Gasteiger partial charge in [-0.05, 0) is 62.1 Å². The molecule has 2 aromatic rings. The Kier molecular flexibility index (Phi) is 9.51. The maximum atomic E-state index is 12.0. The van der Waals surface area contributed by atoms with E-state index in [1.807, 2.05) is 38.1 Å². The normalized spacial score (nSPS) is 12.8. The third-order valence-corrected chi connectivity index (χ3v) is 4.29. The summed E-state index contributed by atoms with van der Waals surface area (Å²) in [5.74, 6) is 0.0867. The van der Waals surface area contributed by atoms with Crippen molar-refractivity contribution < 1.29 is 28.5 Å². The molecule has 0 bridgehead atoms. The van der Waals surface area contributed by atoms with Crippen molar-refractivity contribution in [2.24, 2.45) is 0 Å². The zero-order chi connectivity index (χ0) is 21.9. The molecule has 0 spiro atoms. The molecule has 0 heterocycles. The predicted octanol–water partition coefficient (Wildman–Crippen LogP) is 4.79. The SMILES string of the molecule is CCCOC(C)C(=O)Oc1ccc(-c2ccc(OC(=O)C(C)OCCC)cc2)cc1. The van der Waals surface area contributed by atoms with Gasteiger partial charge in [0.05, 0.1) is 0 Å². The highest BCUT2D eigenvalue weighted by Crippen LogP contribution is 2.25. The third-order valence-electron chi connectivity index (χ3n) is 4.29. The minimum absolute atomic E-state index is 0.417. The van der Waals surface area contributed by atoms with Crippen molar-refractivity contribution in [1.29, 1.82) is 0 Å². The molecule has 0 aliphatic carbocycles. The first-order chi connectivity index (χ1) is 14.4. The fourth-order valence-electron chi connectivity index (χ4n) is 2.55. The smallest absolute Gasteiger partial charge is 0.340 e. The van der Waals surface area contributed by atoms with Gasteiger partial charge in [0.25, 0.3) is 0 Å². The van der Waals surface area contributed by atoms with Gasteiger partial charge in [-0.2, -0.15) is 0 Å². The molecule has 30 heavy (non-hydrogen) atoms. The molecule has 0 aliphatic heterocycles. The molecule has 0 saturated heterocycles. The van der Waals surface area contributed by atoms with Gasteiger partial charge in [0.1, 0.15) is 11.5 Å². The van der Waals surface area contributed by atoms with E-state index in [9.17, 15) is 9.59 Å². The molecular formula is C24H30O6. The van der Waals surface area contributed by atoms with Crippen LogP contribution in [0.2, 0.25) is 0 Å². The quantitative estimate of drug-likeness (QED) is 0.389. The number of carbonyl (C=O) groups excluding carboxylic acids is 2. The summed E-state index contributed by atoms with van der Waals surface area (Å²) in [6.45, 7) is 8.36. The van der Waals surface area contributed by atoms with E-state index in [4.69, 9.17) is 18.9 Å². The van der Waals surface area contributed by atoms with Gasteiger partial charge >= 0.3 is 11.9 Å². The van der Waals surface area contributed by atoms with Crippen molar-refractivity contribution in [3.8, 4) is 22.6 Å². The summed E-state index contributed by atoms with van der Waals surface area (Å²) >= 11 is 0. The summed E-state index contributed by atoms with van der Waals surface area (Å²) in [5.41, 5.74) is 1.89. The molecule has 0 radical (unpaired) electrons. The first kappa shape index (κ1) is 23.6. The van der Waals surface area contributed by atoms with Gasteiger partial charge in [0.2, 0.25) is 0 Å². The Hall–Kier alpha value is -2.70. The van der Waals surface area contributed by atoms with Crippen LogP contribution in [0.1, 0.15) is 40.5 Å². The Morgan fingerprint density at radius 1 is 0.667 bits per heavy atom. The topological polar surface area (TPSA) is 71.1 Å². The first-order valence-electron chi connectivity index (χ1n) is 10.3. The monoisotopic (exact) mass is 414 g/mol. The summed E-state index contributed by atoms with van der Waals surface area (Å²) in [6, 6.07) is 14.4. The summed E-state index contributed by atoms with van der Waals surface area (Å²) in [6.07, 6.45) is 0.483. The van der Waals surface area contributed by atoms with E-state index in [1.165, 1.54) is 0 Å². The van der Waals surface area contributed by atoms with Crippen molar-refractivity contribution in [1.82, 2.24) is 0 Å². The molecule has 0 saturated carbocycles. The molecule has 2 aromatic carbocycles. The average molecular weight is 414 g/mol. The highest BCUT2D eigenvalue weighted by molar-refractivity contribution is 5.78. The zero-order valence-electron chi connectivity index (χ0n) is 18.1. The third kappa shape index (κ3) is 7.28. The number of rotatable bonds is 11. The van der Waals surface area contributed by atoms with Crippen LogP contribution in [0.3, 0.4) is 0 Å².